The summed E-state index contributed by atoms with van der Waals surface area (Å²) < 4.78 is 27.5. The summed E-state index contributed by atoms with van der Waals surface area (Å²) >= 11 is 7.63. The van der Waals surface area contributed by atoms with Crippen molar-refractivity contribution >= 4 is 45.0 Å². The lowest BCUT2D eigenvalue weighted by atomic mass is 10.1. The van der Waals surface area contributed by atoms with Gasteiger partial charge in [-0.25, -0.2) is 18.4 Å². The quantitative estimate of drug-likeness (QED) is 0.318. The zero-order valence-electron chi connectivity index (χ0n) is 19.4. The first-order valence-corrected chi connectivity index (χ1v) is 14.3. The van der Waals surface area contributed by atoms with Crippen molar-refractivity contribution in [3.05, 3.63) is 76.6 Å². The third-order valence-corrected chi connectivity index (χ3v) is 8.97. The number of amides is 1. The van der Waals surface area contributed by atoms with E-state index < -0.39 is 15.9 Å². The zero-order chi connectivity index (χ0) is 24.8. The molecule has 0 bridgehead atoms. The molecule has 0 aliphatic carbocycles. The Morgan fingerprint density at radius 3 is 2.43 bits per heavy atom. The van der Waals surface area contributed by atoms with Gasteiger partial charge < -0.3 is 5.32 Å². The molecule has 35 heavy (non-hydrogen) atoms. The molecule has 2 heterocycles. The predicted molar refractivity (Wildman–Crippen MR) is 139 cm³/mol. The monoisotopic (exact) mass is 530 g/mol. The predicted octanol–water partition coefficient (Wildman–Crippen LogP) is 5.55. The Kier molecular flexibility index (Phi) is 8.43. The van der Waals surface area contributed by atoms with E-state index >= 15 is 0 Å². The minimum atomic E-state index is -3.55. The van der Waals surface area contributed by atoms with Gasteiger partial charge in [-0.15, -0.1) is 0 Å². The minimum Gasteiger partial charge on any atom is -0.321 e. The van der Waals surface area contributed by atoms with Gasteiger partial charge in [-0.05, 0) is 55.2 Å². The van der Waals surface area contributed by atoms with E-state index in [-0.39, 0.29) is 15.6 Å². The second-order valence-electron chi connectivity index (χ2n) is 8.36. The molecule has 1 aliphatic heterocycles. The lowest BCUT2D eigenvalue weighted by Crippen LogP contribution is -2.31. The standard InChI is InChI=1S/C25H27ClN4O3S2/c1-18-8-4-5-9-19(18)17-34-25-27-16-22(26)23(29-25)24(31)28-20-10-12-21(13-11-20)35(32,33)30-14-6-2-3-7-15-30/h4-5,8-13,16H,2-3,6-7,14-15,17H2,1H3,(H,28,31). The highest BCUT2D eigenvalue weighted by atomic mass is 35.5. The van der Waals surface area contributed by atoms with Gasteiger partial charge in [0.1, 0.15) is 0 Å². The molecule has 2 aromatic carbocycles. The lowest BCUT2D eigenvalue weighted by Gasteiger charge is -2.20. The second-order valence-corrected chi connectivity index (χ2v) is 11.6. The maximum atomic E-state index is 13.0. The van der Waals surface area contributed by atoms with E-state index in [1.165, 1.54) is 35.7 Å². The van der Waals surface area contributed by atoms with Gasteiger partial charge in [0, 0.05) is 24.5 Å². The summed E-state index contributed by atoms with van der Waals surface area (Å²) in [4.78, 5) is 21.7. The van der Waals surface area contributed by atoms with Crippen molar-refractivity contribution in [2.75, 3.05) is 18.4 Å². The molecule has 3 aromatic rings. The molecule has 1 N–H and O–H groups in total. The van der Waals surface area contributed by atoms with Crippen LogP contribution in [-0.4, -0.2) is 41.7 Å². The summed E-state index contributed by atoms with van der Waals surface area (Å²) in [6.45, 7) is 3.12. The number of carbonyl (C=O) groups is 1. The highest BCUT2D eigenvalue weighted by Gasteiger charge is 2.25. The van der Waals surface area contributed by atoms with E-state index in [1.807, 2.05) is 31.2 Å². The van der Waals surface area contributed by atoms with Gasteiger partial charge in [-0.1, -0.05) is 60.5 Å². The number of aryl methyl sites for hydroxylation is 1. The molecule has 0 atom stereocenters. The fourth-order valence-electron chi connectivity index (χ4n) is 3.83. The highest BCUT2D eigenvalue weighted by molar-refractivity contribution is 7.98. The number of rotatable bonds is 7. The maximum Gasteiger partial charge on any atom is 0.275 e. The Bertz CT molecular complexity index is 1290. The molecule has 1 fully saturated rings. The number of aromatic nitrogens is 2. The van der Waals surface area contributed by atoms with Crippen LogP contribution in [0.2, 0.25) is 5.02 Å². The van der Waals surface area contributed by atoms with Crippen molar-refractivity contribution in [3.8, 4) is 0 Å². The second kappa shape index (κ2) is 11.5. The Balaban J connectivity index is 1.43. The molecule has 1 saturated heterocycles. The van der Waals surface area contributed by atoms with Crippen LogP contribution in [0.25, 0.3) is 0 Å². The summed E-state index contributed by atoms with van der Waals surface area (Å²) in [6, 6.07) is 14.2. The Hall–Kier alpha value is -2.46. The number of hydrogen-bond acceptors (Lipinski definition) is 6. The molecular formula is C25H27ClN4O3S2. The highest BCUT2D eigenvalue weighted by Crippen LogP contribution is 2.25. The van der Waals surface area contributed by atoms with Gasteiger partial charge in [-0.2, -0.15) is 4.31 Å². The van der Waals surface area contributed by atoms with Crippen LogP contribution >= 0.6 is 23.4 Å². The van der Waals surface area contributed by atoms with Gasteiger partial charge in [0.2, 0.25) is 10.0 Å². The molecule has 7 nitrogen and oxygen atoms in total. The molecule has 1 aliphatic rings. The van der Waals surface area contributed by atoms with E-state index in [2.05, 4.69) is 15.3 Å². The molecule has 0 saturated carbocycles. The van der Waals surface area contributed by atoms with Gasteiger partial charge in [-0.3, -0.25) is 4.79 Å². The number of anilines is 1. The Morgan fingerprint density at radius 1 is 1.06 bits per heavy atom. The maximum absolute atomic E-state index is 13.0. The van der Waals surface area contributed by atoms with Crippen molar-refractivity contribution < 1.29 is 13.2 Å². The SMILES string of the molecule is Cc1ccccc1CSc1ncc(Cl)c(C(=O)Nc2ccc(S(=O)(=O)N3CCCCCC3)cc2)n1. The van der Waals surface area contributed by atoms with Gasteiger partial charge in [0.05, 0.1) is 16.1 Å². The van der Waals surface area contributed by atoms with Crippen LogP contribution in [0.5, 0.6) is 0 Å². The van der Waals surface area contributed by atoms with Crippen LogP contribution in [0.3, 0.4) is 0 Å². The van der Waals surface area contributed by atoms with E-state index in [1.54, 1.807) is 16.4 Å². The van der Waals surface area contributed by atoms with E-state index in [0.717, 1.165) is 31.2 Å². The van der Waals surface area contributed by atoms with Crippen LogP contribution in [-0.2, 0) is 15.8 Å². The number of carbonyl (C=O) groups excluding carboxylic acids is 1. The van der Waals surface area contributed by atoms with E-state index in [9.17, 15) is 13.2 Å². The smallest absolute Gasteiger partial charge is 0.275 e. The number of hydrogen-bond donors (Lipinski definition) is 1. The first-order chi connectivity index (χ1) is 16.8. The molecule has 184 valence electrons. The van der Waals surface area contributed by atoms with Crippen LogP contribution < -0.4 is 5.32 Å². The summed E-state index contributed by atoms with van der Waals surface area (Å²) in [7, 11) is -3.55. The largest absolute Gasteiger partial charge is 0.321 e. The van der Waals surface area contributed by atoms with Crippen LogP contribution in [0.4, 0.5) is 5.69 Å². The molecular weight excluding hydrogens is 504 g/mol. The van der Waals surface area contributed by atoms with E-state index in [0.29, 0.717) is 29.7 Å². The first kappa shape index (κ1) is 25.6. The summed E-state index contributed by atoms with van der Waals surface area (Å²) in [5.41, 5.74) is 2.86. The van der Waals surface area contributed by atoms with Crippen molar-refractivity contribution in [1.82, 2.24) is 14.3 Å². The van der Waals surface area contributed by atoms with Gasteiger partial charge >= 0.3 is 0 Å². The molecule has 1 aromatic heterocycles. The van der Waals surface area contributed by atoms with E-state index in [4.69, 9.17) is 11.6 Å². The number of thioether (sulfide) groups is 1. The molecule has 0 radical (unpaired) electrons. The minimum absolute atomic E-state index is 0.0650. The third-order valence-electron chi connectivity index (χ3n) is 5.87. The average Bonchev–Trinajstić information content (AvgIpc) is 3.15. The van der Waals surface area contributed by atoms with Crippen molar-refractivity contribution in [2.45, 2.75) is 48.4 Å². The van der Waals surface area contributed by atoms with Crippen LogP contribution in [0.15, 0.2) is 64.8 Å². The molecule has 0 spiro atoms. The summed E-state index contributed by atoms with van der Waals surface area (Å²) in [6.07, 6.45) is 5.26. The number of benzene rings is 2. The van der Waals surface area contributed by atoms with Gasteiger partial charge in [0.15, 0.2) is 10.9 Å². The van der Waals surface area contributed by atoms with Crippen molar-refractivity contribution in [2.24, 2.45) is 0 Å². The van der Waals surface area contributed by atoms with Gasteiger partial charge in [0.25, 0.3) is 5.91 Å². The van der Waals surface area contributed by atoms with Crippen molar-refractivity contribution in [3.63, 3.8) is 0 Å². The number of sulfonamides is 1. The number of halogens is 1. The fourth-order valence-corrected chi connectivity index (χ4v) is 6.41. The number of nitrogens with one attached hydrogen (secondary N) is 1. The molecule has 10 heteroatoms. The topological polar surface area (TPSA) is 92.3 Å². The lowest BCUT2D eigenvalue weighted by molar-refractivity contribution is 0.102. The number of nitrogens with zero attached hydrogens (tertiary/aromatic N) is 3. The zero-order valence-corrected chi connectivity index (χ0v) is 21.8. The van der Waals surface area contributed by atoms with Crippen LogP contribution in [0, 0.1) is 6.92 Å². The molecule has 4 rings (SSSR count). The molecule has 0 unspecified atom stereocenters. The molecule has 1 amide bonds. The Morgan fingerprint density at radius 2 is 1.74 bits per heavy atom. The normalized spacial score (nSPS) is 14.9. The van der Waals surface area contributed by atoms with Crippen molar-refractivity contribution in [1.29, 1.82) is 0 Å². The first-order valence-electron chi connectivity index (χ1n) is 11.5. The van der Waals surface area contributed by atoms with Crippen LogP contribution in [0.1, 0.15) is 47.3 Å². The Labute approximate surface area is 215 Å². The average molecular weight is 531 g/mol. The fraction of sp³-hybridized carbons (Fsp3) is 0.320. The third kappa shape index (κ3) is 6.41. The summed E-state index contributed by atoms with van der Waals surface area (Å²) in [5.74, 6) is 0.181. The summed E-state index contributed by atoms with van der Waals surface area (Å²) in [5, 5.41) is 3.33.